The molecule has 0 aliphatic carbocycles. The Morgan fingerprint density at radius 3 is 2.83 bits per heavy atom. The van der Waals surface area contributed by atoms with Crippen molar-refractivity contribution >= 4 is 0 Å². The second-order valence-corrected chi connectivity index (χ2v) is 3.91. The van der Waals surface area contributed by atoms with E-state index in [0.717, 1.165) is 12.5 Å². The third-order valence-corrected chi connectivity index (χ3v) is 2.47. The average Bonchev–Trinajstić information content (AvgIpc) is 2.78. The number of hydrogen-bond donors (Lipinski definition) is 1. The van der Waals surface area contributed by atoms with Gasteiger partial charge < -0.3 is 10.3 Å². The Labute approximate surface area is 103 Å². The van der Waals surface area contributed by atoms with E-state index in [-0.39, 0.29) is 6.42 Å². The maximum atomic E-state index is 13.4. The lowest BCUT2D eigenvalue weighted by molar-refractivity contribution is 0.377. The van der Waals surface area contributed by atoms with Crippen molar-refractivity contribution in [3.05, 3.63) is 47.1 Å². The highest BCUT2D eigenvalue weighted by Crippen LogP contribution is 2.13. The van der Waals surface area contributed by atoms with Gasteiger partial charge in [0.15, 0.2) is 5.82 Å². The van der Waals surface area contributed by atoms with Crippen LogP contribution in [-0.4, -0.2) is 16.7 Å². The van der Waals surface area contributed by atoms with Crippen molar-refractivity contribution in [1.29, 1.82) is 0 Å². The molecule has 2 rings (SSSR count). The van der Waals surface area contributed by atoms with Crippen LogP contribution in [0.1, 0.15) is 23.7 Å². The molecule has 18 heavy (non-hydrogen) atoms. The summed E-state index contributed by atoms with van der Waals surface area (Å²) < 4.78 is 31.1. The molecular weight excluding hydrogens is 240 g/mol. The maximum Gasteiger partial charge on any atom is 0.231 e. The van der Waals surface area contributed by atoms with Crippen molar-refractivity contribution < 1.29 is 13.3 Å². The molecule has 2 N–H and O–H groups in total. The van der Waals surface area contributed by atoms with Crippen molar-refractivity contribution in [3.63, 3.8) is 0 Å². The number of nitrogens with zero attached hydrogens (tertiary/aromatic N) is 2. The van der Waals surface area contributed by atoms with Gasteiger partial charge in [0.05, 0.1) is 6.42 Å². The van der Waals surface area contributed by atoms with E-state index in [1.807, 2.05) is 0 Å². The fourth-order valence-corrected chi connectivity index (χ4v) is 1.55. The van der Waals surface area contributed by atoms with Crippen LogP contribution in [0.2, 0.25) is 0 Å². The van der Waals surface area contributed by atoms with Crippen molar-refractivity contribution in [2.24, 2.45) is 5.73 Å². The number of benzene rings is 1. The molecule has 1 heterocycles. The fraction of sp³-hybridized carbons (Fsp3) is 0.333. The SMILES string of the molecule is NCCCc1noc(Cc2ccc(F)cc2F)n1. The molecule has 0 saturated carbocycles. The van der Waals surface area contributed by atoms with Crippen molar-refractivity contribution in [1.82, 2.24) is 10.1 Å². The minimum atomic E-state index is -0.614. The molecule has 1 aromatic carbocycles. The Kier molecular flexibility index (Phi) is 3.99. The summed E-state index contributed by atoms with van der Waals surface area (Å²) in [6.07, 6.45) is 1.55. The van der Waals surface area contributed by atoms with Crippen molar-refractivity contribution in [2.45, 2.75) is 19.3 Å². The quantitative estimate of drug-likeness (QED) is 0.882. The maximum absolute atomic E-state index is 13.4. The minimum absolute atomic E-state index is 0.155. The molecule has 0 aliphatic heterocycles. The lowest BCUT2D eigenvalue weighted by Crippen LogP contribution is -2.01. The summed E-state index contributed by atoms with van der Waals surface area (Å²) in [6.45, 7) is 0.552. The van der Waals surface area contributed by atoms with Gasteiger partial charge in [-0.3, -0.25) is 0 Å². The summed E-state index contributed by atoms with van der Waals surface area (Å²) in [7, 11) is 0. The smallest absolute Gasteiger partial charge is 0.231 e. The lowest BCUT2D eigenvalue weighted by Gasteiger charge is -1.98. The minimum Gasteiger partial charge on any atom is -0.339 e. The second kappa shape index (κ2) is 5.68. The molecule has 0 fully saturated rings. The van der Waals surface area contributed by atoms with Crippen LogP contribution in [0.25, 0.3) is 0 Å². The molecule has 0 saturated heterocycles. The van der Waals surface area contributed by atoms with Crippen LogP contribution < -0.4 is 5.73 Å². The van der Waals surface area contributed by atoms with Gasteiger partial charge in [0.2, 0.25) is 5.89 Å². The third-order valence-electron chi connectivity index (χ3n) is 2.47. The van der Waals surface area contributed by atoms with E-state index in [0.29, 0.717) is 30.2 Å². The standard InChI is InChI=1S/C12H13F2N3O/c13-9-4-3-8(10(14)7-9)6-12-16-11(17-18-12)2-1-5-15/h3-4,7H,1-2,5-6,15H2. The lowest BCUT2D eigenvalue weighted by atomic mass is 10.1. The molecule has 0 radical (unpaired) electrons. The summed E-state index contributed by atoms with van der Waals surface area (Å²) >= 11 is 0. The van der Waals surface area contributed by atoms with E-state index in [1.165, 1.54) is 12.1 Å². The van der Waals surface area contributed by atoms with Crippen LogP contribution in [0, 0.1) is 11.6 Å². The Balaban J connectivity index is 2.06. The third kappa shape index (κ3) is 3.10. The van der Waals surface area contributed by atoms with E-state index < -0.39 is 11.6 Å². The first-order chi connectivity index (χ1) is 8.69. The molecule has 0 atom stereocenters. The van der Waals surface area contributed by atoms with Gasteiger partial charge in [-0.15, -0.1) is 0 Å². The molecule has 0 unspecified atom stereocenters. The summed E-state index contributed by atoms with van der Waals surface area (Å²) in [5.74, 6) is -0.354. The van der Waals surface area contributed by atoms with Gasteiger partial charge in [0, 0.05) is 12.5 Å². The molecule has 0 amide bonds. The van der Waals surface area contributed by atoms with E-state index >= 15 is 0 Å². The zero-order chi connectivity index (χ0) is 13.0. The molecule has 0 spiro atoms. The normalized spacial score (nSPS) is 10.8. The van der Waals surface area contributed by atoms with E-state index in [2.05, 4.69) is 10.1 Å². The molecule has 1 aromatic heterocycles. The summed E-state index contributed by atoms with van der Waals surface area (Å²) in [5, 5.41) is 3.76. The van der Waals surface area contributed by atoms with Crippen LogP contribution >= 0.6 is 0 Å². The molecular formula is C12H13F2N3O. The Morgan fingerprint density at radius 2 is 2.11 bits per heavy atom. The van der Waals surface area contributed by atoms with Gasteiger partial charge in [-0.25, -0.2) is 8.78 Å². The Morgan fingerprint density at radius 1 is 1.28 bits per heavy atom. The molecule has 0 aliphatic rings. The highest BCUT2D eigenvalue weighted by Gasteiger charge is 2.10. The van der Waals surface area contributed by atoms with E-state index in [9.17, 15) is 8.78 Å². The van der Waals surface area contributed by atoms with E-state index in [1.54, 1.807) is 0 Å². The average molecular weight is 253 g/mol. The van der Waals surface area contributed by atoms with Gasteiger partial charge in [0.1, 0.15) is 11.6 Å². The van der Waals surface area contributed by atoms with Crippen molar-refractivity contribution in [2.75, 3.05) is 6.54 Å². The first-order valence-electron chi connectivity index (χ1n) is 5.64. The molecule has 96 valence electrons. The van der Waals surface area contributed by atoms with Crippen LogP contribution in [0.15, 0.2) is 22.7 Å². The number of rotatable bonds is 5. The van der Waals surface area contributed by atoms with Gasteiger partial charge in [-0.1, -0.05) is 11.2 Å². The highest BCUT2D eigenvalue weighted by atomic mass is 19.1. The molecule has 2 aromatic rings. The largest absolute Gasteiger partial charge is 0.339 e. The van der Waals surface area contributed by atoms with Gasteiger partial charge in [-0.05, 0) is 24.6 Å². The predicted octanol–water partition coefficient (Wildman–Crippen LogP) is 1.83. The zero-order valence-corrected chi connectivity index (χ0v) is 9.70. The molecule has 6 heteroatoms. The summed E-state index contributed by atoms with van der Waals surface area (Å²) in [5.41, 5.74) is 5.69. The van der Waals surface area contributed by atoms with Crippen molar-refractivity contribution in [3.8, 4) is 0 Å². The van der Waals surface area contributed by atoms with Crippen LogP contribution in [-0.2, 0) is 12.8 Å². The number of hydrogen-bond acceptors (Lipinski definition) is 4. The van der Waals surface area contributed by atoms with Crippen LogP contribution in [0.4, 0.5) is 8.78 Å². The Bertz CT molecular complexity index is 528. The van der Waals surface area contributed by atoms with Crippen LogP contribution in [0.5, 0.6) is 0 Å². The van der Waals surface area contributed by atoms with E-state index in [4.69, 9.17) is 10.3 Å². The van der Waals surface area contributed by atoms with Gasteiger partial charge >= 0.3 is 0 Å². The predicted molar refractivity (Wildman–Crippen MR) is 60.8 cm³/mol. The number of aromatic nitrogens is 2. The Hall–Kier alpha value is -1.82. The number of halogens is 2. The highest BCUT2D eigenvalue weighted by molar-refractivity contribution is 5.21. The second-order valence-electron chi connectivity index (χ2n) is 3.91. The molecule has 0 bridgehead atoms. The summed E-state index contributed by atoms with van der Waals surface area (Å²) in [4.78, 5) is 4.11. The van der Waals surface area contributed by atoms with Gasteiger partial charge in [-0.2, -0.15) is 4.98 Å². The number of nitrogens with two attached hydrogens (primary N) is 1. The van der Waals surface area contributed by atoms with Crippen LogP contribution in [0.3, 0.4) is 0 Å². The monoisotopic (exact) mass is 253 g/mol. The summed E-state index contributed by atoms with van der Waals surface area (Å²) in [6, 6.07) is 3.40. The first-order valence-corrected chi connectivity index (χ1v) is 5.64. The topological polar surface area (TPSA) is 64.9 Å². The zero-order valence-electron chi connectivity index (χ0n) is 9.70. The molecule has 4 nitrogen and oxygen atoms in total. The fourth-order valence-electron chi connectivity index (χ4n) is 1.55. The first kappa shape index (κ1) is 12.6. The van der Waals surface area contributed by atoms with Gasteiger partial charge in [0.25, 0.3) is 0 Å². The number of aryl methyl sites for hydroxylation is 1.